The van der Waals surface area contributed by atoms with Crippen molar-refractivity contribution < 1.29 is 52.2 Å². The maximum absolute atomic E-state index is 12.6. The van der Waals surface area contributed by atoms with E-state index in [1.165, 1.54) is 89.9 Å². The van der Waals surface area contributed by atoms with Crippen molar-refractivity contribution in [2.24, 2.45) is 0 Å². The number of likely N-dealkylation sites (N-methyl/N-ethyl adjacent to an activating group) is 1. The standard InChI is InChI=1S/C42H80NO10P/c1-6-8-10-12-14-15-16-17-18-19-20-21-23-27-31-35-40(44)50-42(53-54(47,48)49-38-37-43(3,4)5)51-41(45)36-32-28-24-26-30-34-39(52-46)33-29-25-22-13-11-9-7-2/h22,25,29,33,39,42H,6-21,23-24,26-28,30-32,34-38H2,1-5H3,(H-,46,47,48)/p+1/b25-22+,33-29+. The molecule has 0 radical (unpaired) electrons. The number of nitrogens with zero attached hydrogens (tertiary/aromatic N) is 1. The van der Waals surface area contributed by atoms with Crippen LogP contribution in [0.1, 0.15) is 187 Å². The molecule has 0 saturated heterocycles. The number of quaternary nitrogens is 1. The number of phosphoric ester groups is 1. The van der Waals surface area contributed by atoms with Gasteiger partial charge >= 0.3 is 26.2 Å². The number of phosphoric acid groups is 1. The zero-order chi connectivity index (χ0) is 40.2. The molecule has 0 aromatic carbocycles. The SMILES string of the molecule is CCCCC/C=C/C=C/C(CCCCCCCC(=O)OC(OC(=O)CCCCCCCCCCCCCCCCC)OP(=O)(O)OCC[N+](C)(C)C)OO. The normalized spacial score (nSPS) is 14.4. The van der Waals surface area contributed by atoms with Crippen molar-refractivity contribution in [2.45, 2.75) is 200 Å². The quantitative estimate of drug-likeness (QED) is 0.00904. The van der Waals surface area contributed by atoms with Gasteiger partial charge < -0.3 is 18.9 Å². The van der Waals surface area contributed by atoms with E-state index in [-0.39, 0.29) is 25.6 Å². The van der Waals surface area contributed by atoms with Gasteiger partial charge in [0.25, 0.3) is 0 Å². The number of ether oxygens (including phenoxy) is 2. The van der Waals surface area contributed by atoms with Crippen LogP contribution in [0.25, 0.3) is 0 Å². The van der Waals surface area contributed by atoms with Gasteiger partial charge in [-0.15, -0.1) is 0 Å². The van der Waals surface area contributed by atoms with Crippen molar-refractivity contribution >= 4 is 19.8 Å². The van der Waals surface area contributed by atoms with E-state index in [0.717, 1.165) is 51.4 Å². The lowest BCUT2D eigenvalue weighted by Gasteiger charge is -2.25. The molecule has 318 valence electrons. The van der Waals surface area contributed by atoms with Gasteiger partial charge in [0.05, 0.1) is 21.1 Å². The molecule has 0 saturated carbocycles. The van der Waals surface area contributed by atoms with Gasteiger partial charge in [0.2, 0.25) is 0 Å². The Hall–Kier alpha value is -1.59. The van der Waals surface area contributed by atoms with E-state index in [1.807, 2.05) is 39.4 Å². The van der Waals surface area contributed by atoms with Gasteiger partial charge in [-0.1, -0.05) is 167 Å². The fourth-order valence-electron chi connectivity index (χ4n) is 5.81. The molecule has 0 bridgehead atoms. The van der Waals surface area contributed by atoms with Crippen LogP contribution in [-0.4, -0.2) is 73.4 Å². The van der Waals surface area contributed by atoms with Gasteiger partial charge in [0, 0.05) is 12.8 Å². The average molecular weight is 791 g/mol. The van der Waals surface area contributed by atoms with Gasteiger partial charge in [-0.2, -0.15) is 0 Å². The van der Waals surface area contributed by atoms with E-state index in [2.05, 4.69) is 24.8 Å². The Morgan fingerprint density at radius 2 is 1.09 bits per heavy atom. The second-order valence-electron chi connectivity index (χ2n) is 15.6. The molecule has 0 rings (SSSR count). The monoisotopic (exact) mass is 791 g/mol. The maximum atomic E-state index is 12.6. The molecule has 0 spiro atoms. The molecule has 0 amide bonds. The van der Waals surface area contributed by atoms with Gasteiger partial charge in [-0.25, -0.2) is 14.0 Å². The summed E-state index contributed by atoms with van der Waals surface area (Å²) in [6, 6.07) is 0. The number of carbonyl (C=O) groups is 2. The molecular weight excluding hydrogens is 709 g/mol. The zero-order valence-electron chi connectivity index (χ0n) is 35.0. The molecule has 0 aromatic rings. The first-order valence-electron chi connectivity index (χ1n) is 21.4. The summed E-state index contributed by atoms with van der Waals surface area (Å²) in [4.78, 5) is 40.1. The summed E-state index contributed by atoms with van der Waals surface area (Å²) < 4.78 is 33.6. The zero-order valence-corrected chi connectivity index (χ0v) is 35.9. The van der Waals surface area contributed by atoms with Crippen molar-refractivity contribution in [3.8, 4) is 0 Å². The van der Waals surface area contributed by atoms with Crippen molar-refractivity contribution in [3.63, 3.8) is 0 Å². The number of carbonyl (C=O) groups excluding carboxylic acids is 2. The minimum absolute atomic E-state index is 0.0320. The molecule has 2 N–H and O–H groups in total. The Kier molecular flexibility index (Phi) is 34.7. The summed E-state index contributed by atoms with van der Waals surface area (Å²) in [6.45, 7) is 2.80. The third-order valence-corrected chi connectivity index (χ3v) is 10.2. The summed E-state index contributed by atoms with van der Waals surface area (Å²) in [5, 5.41) is 9.20. The van der Waals surface area contributed by atoms with Crippen molar-refractivity contribution in [2.75, 3.05) is 34.3 Å². The number of hydrogen-bond donors (Lipinski definition) is 2. The number of unbranched alkanes of at least 4 members (excludes halogenated alkanes) is 21. The highest BCUT2D eigenvalue weighted by atomic mass is 31.2. The van der Waals surface area contributed by atoms with Gasteiger partial charge in [0.1, 0.15) is 19.3 Å². The summed E-state index contributed by atoms with van der Waals surface area (Å²) in [5.74, 6) is -1.37. The lowest BCUT2D eigenvalue weighted by Crippen LogP contribution is -2.37. The minimum atomic E-state index is -4.68. The molecule has 3 unspecified atom stereocenters. The Labute approximate surface area is 329 Å². The second-order valence-corrected chi connectivity index (χ2v) is 17.1. The topological polar surface area (TPSA) is 138 Å². The van der Waals surface area contributed by atoms with E-state index in [9.17, 15) is 24.3 Å². The highest BCUT2D eigenvalue weighted by molar-refractivity contribution is 7.47. The van der Waals surface area contributed by atoms with Crippen LogP contribution in [0.4, 0.5) is 0 Å². The van der Waals surface area contributed by atoms with Gasteiger partial charge in [-0.05, 0) is 32.1 Å². The van der Waals surface area contributed by atoms with Crippen LogP contribution in [0.15, 0.2) is 24.3 Å². The largest absolute Gasteiger partial charge is 0.478 e. The molecule has 12 heteroatoms. The number of allylic oxidation sites excluding steroid dienone is 3. The lowest BCUT2D eigenvalue weighted by atomic mass is 10.0. The van der Waals surface area contributed by atoms with E-state index >= 15 is 0 Å². The van der Waals surface area contributed by atoms with Crippen molar-refractivity contribution in [3.05, 3.63) is 24.3 Å². The molecule has 0 aromatic heterocycles. The minimum Gasteiger partial charge on any atom is -0.400 e. The van der Waals surface area contributed by atoms with E-state index in [1.54, 1.807) is 0 Å². The average Bonchev–Trinajstić information content (AvgIpc) is 3.10. The maximum Gasteiger partial charge on any atom is 0.478 e. The third-order valence-electron chi connectivity index (χ3n) is 9.23. The van der Waals surface area contributed by atoms with Crippen LogP contribution in [-0.2, 0) is 37.6 Å². The van der Waals surface area contributed by atoms with Crippen LogP contribution in [0.3, 0.4) is 0 Å². The Morgan fingerprint density at radius 1 is 0.648 bits per heavy atom. The first-order chi connectivity index (χ1) is 25.9. The van der Waals surface area contributed by atoms with Gasteiger partial charge in [-0.3, -0.25) is 19.4 Å². The Balaban J connectivity index is 4.50. The smallest absolute Gasteiger partial charge is 0.400 e. The summed E-state index contributed by atoms with van der Waals surface area (Å²) in [6.07, 6.45) is 34.9. The first kappa shape index (κ1) is 52.4. The summed E-state index contributed by atoms with van der Waals surface area (Å²) in [7, 11) is 1.04. The number of hydrogen-bond acceptors (Lipinski definition) is 9. The Bertz CT molecular complexity index is 1000. The van der Waals surface area contributed by atoms with Crippen LogP contribution >= 0.6 is 7.82 Å². The molecule has 0 aliphatic carbocycles. The second kappa shape index (κ2) is 35.8. The summed E-state index contributed by atoms with van der Waals surface area (Å²) >= 11 is 0. The molecule has 3 atom stereocenters. The third kappa shape index (κ3) is 37.3. The van der Waals surface area contributed by atoms with E-state index in [4.69, 9.17) is 18.5 Å². The Morgan fingerprint density at radius 3 is 1.56 bits per heavy atom. The number of rotatable bonds is 39. The molecule has 54 heavy (non-hydrogen) atoms. The van der Waals surface area contributed by atoms with Crippen LogP contribution in [0, 0.1) is 0 Å². The first-order valence-corrected chi connectivity index (χ1v) is 22.9. The van der Waals surface area contributed by atoms with Crippen molar-refractivity contribution in [1.82, 2.24) is 0 Å². The molecule has 0 aliphatic heterocycles. The van der Waals surface area contributed by atoms with Crippen LogP contribution in [0.5, 0.6) is 0 Å². The predicted molar refractivity (Wildman–Crippen MR) is 218 cm³/mol. The van der Waals surface area contributed by atoms with Crippen LogP contribution < -0.4 is 0 Å². The van der Waals surface area contributed by atoms with Crippen LogP contribution in [0.2, 0.25) is 0 Å². The van der Waals surface area contributed by atoms with E-state index in [0.29, 0.717) is 30.3 Å². The predicted octanol–water partition coefficient (Wildman–Crippen LogP) is 11.7. The molecule has 0 aliphatic rings. The van der Waals surface area contributed by atoms with Crippen molar-refractivity contribution in [1.29, 1.82) is 0 Å². The fraction of sp³-hybridized carbons (Fsp3) is 0.857. The number of esters is 2. The molecule has 11 nitrogen and oxygen atoms in total. The highest BCUT2D eigenvalue weighted by Crippen LogP contribution is 2.45. The summed E-state index contributed by atoms with van der Waals surface area (Å²) in [5.41, 5.74) is 0. The molecule has 0 fully saturated rings. The van der Waals surface area contributed by atoms with Gasteiger partial charge in [0.15, 0.2) is 0 Å². The fourth-order valence-corrected chi connectivity index (χ4v) is 6.49. The van der Waals surface area contributed by atoms with E-state index < -0.39 is 26.2 Å². The molecule has 0 heterocycles. The lowest BCUT2D eigenvalue weighted by molar-refractivity contribution is -0.870. The molecular formula is C42H81NO10P+. The highest BCUT2D eigenvalue weighted by Gasteiger charge is 2.32.